The lowest BCUT2D eigenvalue weighted by atomic mass is 9.86. The molecule has 0 saturated carbocycles. The highest BCUT2D eigenvalue weighted by molar-refractivity contribution is 6.33. The van der Waals surface area contributed by atoms with Gasteiger partial charge in [0.1, 0.15) is 23.5 Å². The van der Waals surface area contributed by atoms with Crippen molar-refractivity contribution in [1.29, 1.82) is 5.26 Å². The van der Waals surface area contributed by atoms with E-state index in [9.17, 15) is 0 Å². The number of nitriles is 1. The van der Waals surface area contributed by atoms with Crippen LogP contribution in [0.1, 0.15) is 25.3 Å². The van der Waals surface area contributed by atoms with Gasteiger partial charge in [-0.05, 0) is 18.6 Å². The second-order valence-electron chi connectivity index (χ2n) is 7.58. The molecule has 0 bridgehead atoms. The summed E-state index contributed by atoms with van der Waals surface area (Å²) < 4.78 is 12.2. The van der Waals surface area contributed by atoms with E-state index in [1.54, 1.807) is 12.1 Å². The third-order valence-corrected chi connectivity index (χ3v) is 5.93. The van der Waals surface area contributed by atoms with Gasteiger partial charge in [0.25, 0.3) is 0 Å². The normalized spacial score (nSPS) is 21.5. The van der Waals surface area contributed by atoms with Crippen molar-refractivity contribution in [2.45, 2.75) is 25.9 Å². The lowest BCUT2D eigenvalue weighted by molar-refractivity contribution is -0.0679. The van der Waals surface area contributed by atoms with Gasteiger partial charge in [0.15, 0.2) is 0 Å². The molecular weight excluding hydrogens is 402 g/mol. The molecule has 1 aliphatic heterocycles. The Morgan fingerprint density at radius 2 is 2.13 bits per heavy atom. The largest absolute Gasteiger partial charge is 0.472 e. The van der Waals surface area contributed by atoms with Gasteiger partial charge in [-0.3, -0.25) is 0 Å². The maximum Gasteiger partial charge on any atom is 0.241 e. The average molecular weight is 426 g/mol. The molecule has 1 saturated heterocycles. The molecule has 3 N–H and O–H groups in total. The van der Waals surface area contributed by atoms with E-state index in [0.29, 0.717) is 41.7 Å². The molecule has 3 aromatic rings. The number of aromatic amines is 1. The number of nitrogens with one attached hydrogen (secondary N) is 1. The molecule has 30 heavy (non-hydrogen) atoms. The minimum absolute atomic E-state index is 0.0629. The number of aromatic nitrogens is 3. The summed E-state index contributed by atoms with van der Waals surface area (Å²) in [4.78, 5) is 12.1. The fourth-order valence-corrected chi connectivity index (χ4v) is 4.38. The van der Waals surface area contributed by atoms with Crippen LogP contribution in [0.25, 0.3) is 22.2 Å². The van der Waals surface area contributed by atoms with E-state index in [0.717, 1.165) is 29.5 Å². The molecule has 3 heterocycles. The number of fused-ring (bicyclic) bond motifs is 1. The van der Waals surface area contributed by atoms with Crippen LogP contribution in [0.5, 0.6) is 5.88 Å². The van der Waals surface area contributed by atoms with E-state index < -0.39 is 0 Å². The summed E-state index contributed by atoms with van der Waals surface area (Å²) in [7, 11) is 0. The van der Waals surface area contributed by atoms with Crippen LogP contribution in [0.4, 0.5) is 0 Å². The Hall–Kier alpha value is -2.66. The zero-order valence-electron chi connectivity index (χ0n) is 16.8. The highest BCUT2D eigenvalue weighted by atomic mass is 35.5. The van der Waals surface area contributed by atoms with Crippen LogP contribution in [0.3, 0.4) is 0 Å². The van der Waals surface area contributed by atoms with Crippen LogP contribution in [-0.4, -0.2) is 40.8 Å². The summed E-state index contributed by atoms with van der Waals surface area (Å²) in [6.45, 7) is 3.91. The molecule has 2 aromatic heterocycles. The fourth-order valence-electron chi connectivity index (χ4n) is 4.10. The van der Waals surface area contributed by atoms with Gasteiger partial charge in [-0.25, -0.2) is 4.98 Å². The standard InChI is InChI=1S/C22H24ClN5O2/c1-2-3-14-10-29-11-15(8-25)21(14)30-22-20-19(27-12-28-22)17(9-26-20)16-5-4-13(7-24)6-18(16)23/h4-6,9,12,14-15,21,26H,2-3,8,10-11,25H2,1H3. The molecule has 0 radical (unpaired) electrons. The van der Waals surface area contributed by atoms with Gasteiger partial charge < -0.3 is 20.2 Å². The Labute approximate surface area is 180 Å². The number of halogens is 1. The molecule has 1 aliphatic rings. The van der Waals surface area contributed by atoms with Crippen molar-refractivity contribution in [2.24, 2.45) is 17.6 Å². The van der Waals surface area contributed by atoms with Gasteiger partial charge in [-0.15, -0.1) is 0 Å². The van der Waals surface area contributed by atoms with Gasteiger partial charge in [0.05, 0.1) is 24.8 Å². The number of benzene rings is 1. The van der Waals surface area contributed by atoms with E-state index in [2.05, 4.69) is 27.9 Å². The maximum atomic E-state index is 9.08. The SMILES string of the molecule is CCCC1COCC(CN)C1Oc1ncnc2c(-c3ccc(C#N)cc3Cl)c[nH]c12. The van der Waals surface area contributed by atoms with Crippen molar-refractivity contribution in [2.75, 3.05) is 19.8 Å². The maximum absolute atomic E-state index is 9.08. The Kier molecular flexibility index (Phi) is 6.18. The number of hydrogen-bond donors (Lipinski definition) is 2. The zero-order valence-corrected chi connectivity index (χ0v) is 17.5. The number of hydrogen-bond acceptors (Lipinski definition) is 6. The van der Waals surface area contributed by atoms with Crippen molar-refractivity contribution in [1.82, 2.24) is 15.0 Å². The highest BCUT2D eigenvalue weighted by Gasteiger charge is 2.35. The van der Waals surface area contributed by atoms with Gasteiger partial charge in [0, 0.05) is 40.7 Å². The molecule has 3 unspecified atom stereocenters. The molecule has 8 heteroatoms. The number of ether oxygens (including phenoxy) is 2. The molecule has 0 spiro atoms. The quantitative estimate of drug-likeness (QED) is 0.619. The summed E-state index contributed by atoms with van der Waals surface area (Å²) in [6, 6.07) is 7.31. The molecule has 0 aliphatic carbocycles. The monoisotopic (exact) mass is 425 g/mol. The van der Waals surface area contributed by atoms with Crippen LogP contribution in [0, 0.1) is 23.2 Å². The van der Waals surface area contributed by atoms with Crippen molar-refractivity contribution in [3.8, 4) is 23.1 Å². The lowest BCUT2D eigenvalue weighted by Gasteiger charge is -2.37. The van der Waals surface area contributed by atoms with Gasteiger partial charge >= 0.3 is 0 Å². The molecule has 1 aromatic carbocycles. The van der Waals surface area contributed by atoms with Crippen LogP contribution in [-0.2, 0) is 4.74 Å². The molecular formula is C22H24ClN5O2. The molecule has 7 nitrogen and oxygen atoms in total. The van der Waals surface area contributed by atoms with Crippen LogP contribution >= 0.6 is 11.6 Å². The number of nitrogens with zero attached hydrogens (tertiary/aromatic N) is 3. The Balaban J connectivity index is 1.70. The first kappa shape index (κ1) is 20.6. The van der Waals surface area contributed by atoms with Crippen LogP contribution < -0.4 is 10.5 Å². The highest BCUT2D eigenvalue weighted by Crippen LogP contribution is 2.36. The Morgan fingerprint density at radius 3 is 2.87 bits per heavy atom. The summed E-state index contributed by atoms with van der Waals surface area (Å²) in [5.74, 6) is 0.884. The number of rotatable bonds is 6. The van der Waals surface area contributed by atoms with Gasteiger partial charge in [0.2, 0.25) is 5.88 Å². The molecule has 1 fully saturated rings. The minimum Gasteiger partial charge on any atom is -0.472 e. The number of H-pyrrole nitrogens is 1. The predicted octanol–water partition coefficient (Wildman–Crippen LogP) is 3.92. The minimum atomic E-state index is -0.0629. The Bertz CT molecular complexity index is 1080. The molecule has 0 amide bonds. The smallest absolute Gasteiger partial charge is 0.241 e. The average Bonchev–Trinajstić information content (AvgIpc) is 3.19. The predicted molar refractivity (Wildman–Crippen MR) is 115 cm³/mol. The third kappa shape index (κ3) is 3.86. The van der Waals surface area contributed by atoms with E-state index >= 15 is 0 Å². The first-order valence-electron chi connectivity index (χ1n) is 10.1. The first-order chi connectivity index (χ1) is 14.7. The molecule has 4 rings (SSSR count). The summed E-state index contributed by atoms with van der Waals surface area (Å²) in [5, 5.41) is 9.57. The van der Waals surface area contributed by atoms with Crippen LogP contribution in [0.15, 0.2) is 30.7 Å². The van der Waals surface area contributed by atoms with Crippen LogP contribution in [0.2, 0.25) is 5.02 Å². The second-order valence-corrected chi connectivity index (χ2v) is 7.98. The van der Waals surface area contributed by atoms with Crippen molar-refractivity contribution >= 4 is 22.6 Å². The van der Waals surface area contributed by atoms with Gasteiger partial charge in [-0.1, -0.05) is 31.0 Å². The van der Waals surface area contributed by atoms with E-state index in [-0.39, 0.29) is 17.9 Å². The summed E-state index contributed by atoms with van der Waals surface area (Å²) in [5.41, 5.74) is 9.57. The fraction of sp³-hybridized carbons (Fsp3) is 0.409. The van der Waals surface area contributed by atoms with Crippen molar-refractivity contribution in [3.05, 3.63) is 41.3 Å². The van der Waals surface area contributed by atoms with E-state index in [1.807, 2.05) is 12.3 Å². The zero-order chi connectivity index (χ0) is 21.1. The molecule has 3 atom stereocenters. The van der Waals surface area contributed by atoms with Crippen molar-refractivity contribution < 1.29 is 9.47 Å². The summed E-state index contributed by atoms with van der Waals surface area (Å²) in [6.07, 6.45) is 5.33. The van der Waals surface area contributed by atoms with Gasteiger partial charge in [-0.2, -0.15) is 10.2 Å². The molecule has 156 valence electrons. The number of nitrogens with two attached hydrogens (primary N) is 1. The lowest BCUT2D eigenvalue weighted by Crippen LogP contribution is -2.47. The summed E-state index contributed by atoms with van der Waals surface area (Å²) >= 11 is 6.42. The van der Waals surface area contributed by atoms with Crippen molar-refractivity contribution in [3.63, 3.8) is 0 Å². The first-order valence-corrected chi connectivity index (χ1v) is 10.5. The van der Waals surface area contributed by atoms with E-state index in [4.69, 9.17) is 32.1 Å². The topological polar surface area (TPSA) is 110 Å². The second kappa shape index (κ2) is 9.00. The Morgan fingerprint density at radius 1 is 1.30 bits per heavy atom. The van der Waals surface area contributed by atoms with E-state index in [1.165, 1.54) is 6.33 Å². The third-order valence-electron chi connectivity index (χ3n) is 5.62.